The van der Waals surface area contributed by atoms with Crippen molar-refractivity contribution < 1.29 is 0 Å². The fourth-order valence-electron chi connectivity index (χ4n) is 1.13. The average Bonchev–Trinajstić information content (AvgIpc) is 2.70. The molecular formula is C10H9Br. The summed E-state index contributed by atoms with van der Waals surface area (Å²) in [6, 6.07) is 8.48. The van der Waals surface area contributed by atoms with Gasteiger partial charge in [-0.3, -0.25) is 0 Å². The third-order valence-corrected chi connectivity index (χ3v) is 2.66. The number of halogens is 1. The molecule has 0 atom stereocenters. The summed E-state index contributed by atoms with van der Waals surface area (Å²) in [7, 11) is 0. The smallest absolute Gasteiger partial charge is 0.0284 e. The molecule has 1 aliphatic rings. The minimum atomic E-state index is 0.265. The Labute approximate surface area is 75.1 Å². The summed E-state index contributed by atoms with van der Waals surface area (Å²) in [6.45, 7) is 2.22. The van der Waals surface area contributed by atoms with Gasteiger partial charge in [0, 0.05) is 9.89 Å². The molecule has 1 aromatic rings. The normalized spacial score (nSPS) is 18.4. The Morgan fingerprint density at radius 3 is 2.09 bits per heavy atom. The molecule has 0 aliphatic heterocycles. The fraction of sp³-hybridized carbons (Fsp3) is 0.200. The molecule has 0 unspecified atom stereocenters. The van der Waals surface area contributed by atoms with Gasteiger partial charge < -0.3 is 0 Å². The van der Waals surface area contributed by atoms with E-state index in [9.17, 15) is 0 Å². The van der Waals surface area contributed by atoms with E-state index < -0.39 is 0 Å². The maximum Gasteiger partial charge on any atom is 0.0284 e. The maximum absolute atomic E-state index is 3.41. The van der Waals surface area contributed by atoms with E-state index in [1.807, 2.05) is 0 Å². The second-order valence-electron chi connectivity index (χ2n) is 3.12. The molecule has 2 rings (SSSR count). The summed E-state index contributed by atoms with van der Waals surface area (Å²) in [5.74, 6) is 0. The average molecular weight is 209 g/mol. The van der Waals surface area contributed by atoms with Crippen LogP contribution in [0.25, 0.3) is 0 Å². The molecule has 0 saturated heterocycles. The molecule has 11 heavy (non-hydrogen) atoms. The van der Waals surface area contributed by atoms with Crippen molar-refractivity contribution in [2.24, 2.45) is 0 Å². The molecule has 1 aliphatic carbocycles. The van der Waals surface area contributed by atoms with Crippen molar-refractivity contribution in [3.63, 3.8) is 0 Å². The Morgan fingerprint density at radius 2 is 1.64 bits per heavy atom. The van der Waals surface area contributed by atoms with Gasteiger partial charge in [-0.2, -0.15) is 0 Å². The highest BCUT2D eigenvalue weighted by molar-refractivity contribution is 9.10. The van der Waals surface area contributed by atoms with Crippen molar-refractivity contribution in [1.82, 2.24) is 0 Å². The first-order valence-electron chi connectivity index (χ1n) is 3.67. The SMILES string of the molecule is CC1(c2ccc(Br)cc2)C=C1. The third kappa shape index (κ3) is 1.25. The highest BCUT2D eigenvalue weighted by Crippen LogP contribution is 2.37. The lowest BCUT2D eigenvalue weighted by molar-refractivity contribution is 0.871. The van der Waals surface area contributed by atoms with Gasteiger partial charge in [-0.1, -0.05) is 40.2 Å². The Kier molecular flexibility index (Phi) is 1.43. The zero-order valence-electron chi connectivity index (χ0n) is 6.34. The van der Waals surface area contributed by atoms with Crippen LogP contribution in [-0.4, -0.2) is 0 Å². The van der Waals surface area contributed by atoms with Gasteiger partial charge >= 0.3 is 0 Å². The largest absolute Gasteiger partial charge is 0.0733 e. The second kappa shape index (κ2) is 2.21. The summed E-state index contributed by atoms with van der Waals surface area (Å²) in [5, 5.41) is 0. The predicted molar refractivity (Wildman–Crippen MR) is 50.6 cm³/mol. The van der Waals surface area contributed by atoms with E-state index in [-0.39, 0.29) is 5.41 Å². The number of hydrogen-bond acceptors (Lipinski definition) is 0. The van der Waals surface area contributed by atoms with E-state index in [2.05, 4.69) is 59.3 Å². The Bertz CT molecular complexity index is 289. The van der Waals surface area contributed by atoms with Crippen LogP contribution in [0.5, 0.6) is 0 Å². The highest BCUT2D eigenvalue weighted by atomic mass is 79.9. The minimum absolute atomic E-state index is 0.265. The molecule has 0 amide bonds. The third-order valence-electron chi connectivity index (χ3n) is 2.13. The van der Waals surface area contributed by atoms with Crippen molar-refractivity contribution >= 4 is 15.9 Å². The topological polar surface area (TPSA) is 0 Å². The van der Waals surface area contributed by atoms with Crippen molar-refractivity contribution in [1.29, 1.82) is 0 Å². The second-order valence-corrected chi connectivity index (χ2v) is 4.04. The lowest BCUT2D eigenvalue weighted by Gasteiger charge is -2.08. The molecule has 0 heterocycles. The molecule has 0 nitrogen and oxygen atoms in total. The molecule has 0 aromatic heterocycles. The number of rotatable bonds is 1. The summed E-state index contributed by atoms with van der Waals surface area (Å²) in [6.07, 6.45) is 4.44. The lowest BCUT2D eigenvalue weighted by Crippen LogP contribution is -2.00. The van der Waals surface area contributed by atoms with Gasteiger partial charge in [-0.25, -0.2) is 0 Å². The summed E-state index contributed by atoms with van der Waals surface area (Å²) < 4.78 is 1.14. The van der Waals surface area contributed by atoms with Crippen LogP contribution >= 0.6 is 15.9 Å². The van der Waals surface area contributed by atoms with Crippen LogP contribution in [0.1, 0.15) is 12.5 Å². The van der Waals surface area contributed by atoms with E-state index in [0.29, 0.717) is 0 Å². The predicted octanol–water partition coefficient (Wildman–Crippen LogP) is 3.28. The first kappa shape index (κ1) is 7.11. The number of allylic oxidation sites excluding steroid dienone is 2. The standard InChI is InChI=1S/C10H9Br/c1-10(6-7-10)8-2-4-9(11)5-3-8/h2-7H,1H3. The van der Waals surface area contributed by atoms with Crippen molar-refractivity contribution in [3.8, 4) is 0 Å². The molecule has 0 saturated carbocycles. The Morgan fingerprint density at radius 1 is 1.09 bits per heavy atom. The zero-order chi connectivity index (χ0) is 7.90. The van der Waals surface area contributed by atoms with Crippen LogP contribution in [0.15, 0.2) is 40.9 Å². The van der Waals surface area contributed by atoms with Crippen molar-refractivity contribution in [2.45, 2.75) is 12.3 Å². The van der Waals surface area contributed by atoms with Crippen molar-refractivity contribution in [2.75, 3.05) is 0 Å². The van der Waals surface area contributed by atoms with Gasteiger partial charge in [0.1, 0.15) is 0 Å². The van der Waals surface area contributed by atoms with E-state index in [1.54, 1.807) is 0 Å². The first-order chi connectivity index (χ1) is 5.21. The molecule has 0 fully saturated rings. The van der Waals surface area contributed by atoms with E-state index in [0.717, 1.165) is 4.47 Å². The molecular weight excluding hydrogens is 200 g/mol. The zero-order valence-corrected chi connectivity index (χ0v) is 7.93. The Hall–Kier alpha value is -0.560. The molecule has 0 N–H and O–H groups in total. The van der Waals surface area contributed by atoms with Gasteiger partial charge in [-0.05, 0) is 24.6 Å². The van der Waals surface area contributed by atoms with Crippen molar-refractivity contribution in [3.05, 3.63) is 46.5 Å². The van der Waals surface area contributed by atoms with Gasteiger partial charge in [0.05, 0.1) is 0 Å². The van der Waals surface area contributed by atoms with Crippen LogP contribution in [0.3, 0.4) is 0 Å². The highest BCUT2D eigenvalue weighted by Gasteiger charge is 2.29. The summed E-state index contributed by atoms with van der Waals surface area (Å²) in [5.41, 5.74) is 1.64. The van der Waals surface area contributed by atoms with E-state index in [4.69, 9.17) is 0 Å². The minimum Gasteiger partial charge on any atom is -0.0733 e. The van der Waals surface area contributed by atoms with Crippen LogP contribution in [0.4, 0.5) is 0 Å². The summed E-state index contributed by atoms with van der Waals surface area (Å²) in [4.78, 5) is 0. The molecule has 0 spiro atoms. The molecule has 1 heteroatoms. The summed E-state index contributed by atoms with van der Waals surface area (Å²) >= 11 is 3.41. The number of hydrogen-bond donors (Lipinski definition) is 0. The van der Waals surface area contributed by atoms with E-state index in [1.165, 1.54) is 5.56 Å². The van der Waals surface area contributed by atoms with E-state index >= 15 is 0 Å². The van der Waals surface area contributed by atoms with Gasteiger partial charge in [-0.15, -0.1) is 0 Å². The van der Waals surface area contributed by atoms with Gasteiger partial charge in [0.25, 0.3) is 0 Å². The van der Waals surface area contributed by atoms with Gasteiger partial charge in [0.15, 0.2) is 0 Å². The fourth-order valence-corrected chi connectivity index (χ4v) is 1.39. The van der Waals surface area contributed by atoms with Crippen LogP contribution in [-0.2, 0) is 5.41 Å². The number of benzene rings is 1. The molecule has 1 aromatic carbocycles. The lowest BCUT2D eigenvalue weighted by atomic mass is 9.96. The monoisotopic (exact) mass is 208 g/mol. The maximum atomic E-state index is 3.41. The quantitative estimate of drug-likeness (QED) is 0.622. The molecule has 0 bridgehead atoms. The van der Waals surface area contributed by atoms with Crippen LogP contribution < -0.4 is 0 Å². The first-order valence-corrected chi connectivity index (χ1v) is 4.46. The Balaban J connectivity index is 2.34. The van der Waals surface area contributed by atoms with Crippen LogP contribution in [0.2, 0.25) is 0 Å². The van der Waals surface area contributed by atoms with Crippen LogP contribution in [0, 0.1) is 0 Å². The molecule has 0 radical (unpaired) electrons. The van der Waals surface area contributed by atoms with Gasteiger partial charge in [0.2, 0.25) is 0 Å². The molecule has 56 valence electrons.